The van der Waals surface area contributed by atoms with Crippen LogP contribution in [0.25, 0.3) is 10.2 Å². The van der Waals surface area contributed by atoms with Crippen molar-refractivity contribution >= 4 is 39.0 Å². The SMILES string of the molecule is Cn1c(Sc2ncccc2[N+](=O)[O-])nc2sc3c(c2c1=O)CCCC3. The van der Waals surface area contributed by atoms with Gasteiger partial charge in [0.05, 0.1) is 10.3 Å². The highest BCUT2D eigenvalue weighted by Gasteiger charge is 2.23. The topological polar surface area (TPSA) is 90.9 Å². The molecule has 1 aliphatic rings. The summed E-state index contributed by atoms with van der Waals surface area (Å²) in [4.78, 5) is 34.2. The Hall–Kier alpha value is -2.26. The van der Waals surface area contributed by atoms with Crippen molar-refractivity contribution in [2.75, 3.05) is 0 Å². The molecular formula is C16H14N4O3S2. The first-order chi connectivity index (χ1) is 12.1. The molecule has 3 heterocycles. The number of aryl methyl sites for hydroxylation is 2. The highest BCUT2D eigenvalue weighted by molar-refractivity contribution is 7.99. The predicted molar refractivity (Wildman–Crippen MR) is 96.5 cm³/mol. The summed E-state index contributed by atoms with van der Waals surface area (Å²) in [5.74, 6) is 0. The van der Waals surface area contributed by atoms with Gasteiger partial charge in [0.15, 0.2) is 10.2 Å². The Morgan fingerprint density at radius 1 is 1.36 bits per heavy atom. The lowest BCUT2D eigenvalue weighted by Gasteiger charge is -2.10. The van der Waals surface area contributed by atoms with Gasteiger partial charge in [0.25, 0.3) is 5.56 Å². The Kier molecular flexibility index (Phi) is 4.04. The number of rotatable bonds is 3. The quantitative estimate of drug-likeness (QED) is 0.397. The first-order valence-electron chi connectivity index (χ1n) is 7.85. The monoisotopic (exact) mass is 374 g/mol. The number of thiophene rings is 1. The standard InChI is InChI=1S/C16H14N4O3S2/c1-19-15(21)12-9-5-2-3-7-11(9)24-14(12)18-16(19)25-13-10(20(22)23)6-4-8-17-13/h4,6,8H,2-3,5,7H2,1H3. The third-order valence-corrected chi connectivity index (χ3v) is 6.53. The summed E-state index contributed by atoms with van der Waals surface area (Å²) in [6, 6.07) is 2.92. The van der Waals surface area contributed by atoms with Crippen LogP contribution in [0, 0.1) is 10.1 Å². The van der Waals surface area contributed by atoms with E-state index in [0.29, 0.717) is 10.5 Å². The summed E-state index contributed by atoms with van der Waals surface area (Å²) in [6.07, 6.45) is 5.65. The molecular weight excluding hydrogens is 360 g/mol. The van der Waals surface area contributed by atoms with E-state index < -0.39 is 4.92 Å². The summed E-state index contributed by atoms with van der Waals surface area (Å²) in [6.45, 7) is 0. The lowest BCUT2D eigenvalue weighted by atomic mass is 9.97. The number of nitro groups is 1. The van der Waals surface area contributed by atoms with Crippen LogP contribution in [0.1, 0.15) is 23.3 Å². The van der Waals surface area contributed by atoms with Crippen LogP contribution in [-0.4, -0.2) is 19.5 Å². The first kappa shape index (κ1) is 16.2. The third-order valence-electron chi connectivity index (χ3n) is 4.29. The van der Waals surface area contributed by atoms with Crippen molar-refractivity contribution in [3.63, 3.8) is 0 Å². The minimum absolute atomic E-state index is 0.0904. The molecule has 0 aromatic carbocycles. The van der Waals surface area contributed by atoms with E-state index in [1.165, 1.54) is 27.8 Å². The van der Waals surface area contributed by atoms with E-state index in [2.05, 4.69) is 9.97 Å². The van der Waals surface area contributed by atoms with Gasteiger partial charge in [0.1, 0.15) is 4.83 Å². The summed E-state index contributed by atoms with van der Waals surface area (Å²) in [5, 5.41) is 12.5. The molecule has 0 unspecified atom stereocenters. The van der Waals surface area contributed by atoms with Gasteiger partial charge < -0.3 is 0 Å². The summed E-state index contributed by atoms with van der Waals surface area (Å²) in [7, 11) is 1.65. The Balaban J connectivity index is 1.85. The number of fused-ring (bicyclic) bond motifs is 3. The van der Waals surface area contributed by atoms with Gasteiger partial charge in [-0.25, -0.2) is 9.97 Å². The van der Waals surface area contributed by atoms with Gasteiger partial charge in [-0.15, -0.1) is 11.3 Å². The van der Waals surface area contributed by atoms with Crippen molar-refractivity contribution in [2.45, 2.75) is 35.9 Å². The Morgan fingerprint density at radius 2 is 2.16 bits per heavy atom. The van der Waals surface area contributed by atoms with E-state index >= 15 is 0 Å². The van der Waals surface area contributed by atoms with Crippen molar-refractivity contribution in [2.24, 2.45) is 7.05 Å². The van der Waals surface area contributed by atoms with Crippen molar-refractivity contribution in [3.8, 4) is 0 Å². The maximum absolute atomic E-state index is 12.9. The fourth-order valence-electron chi connectivity index (χ4n) is 3.04. The number of hydrogen-bond donors (Lipinski definition) is 0. The lowest BCUT2D eigenvalue weighted by Crippen LogP contribution is -2.20. The molecule has 0 saturated heterocycles. The molecule has 0 radical (unpaired) electrons. The van der Waals surface area contributed by atoms with E-state index in [4.69, 9.17) is 0 Å². The molecule has 0 atom stereocenters. The molecule has 3 aromatic rings. The second-order valence-electron chi connectivity index (χ2n) is 5.84. The van der Waals surface area contributed by atoms with Crippen LogP contribution in [-0.2, 0) is 19.9 Å². The second-order valence-corrected chi connectivity index (χ2v) is 7.88. The van der Waals surface area contributed by atoms with Gasteiger partial charge in [0.2, 0.25) is 0 Å². The largest absolute Gasteiger partial charge is 0.301 e. The van der Waals surface area contributed by atoms with E-state index in [1.54, 1.807) is 18.4 Å². The second kappa shape index (κ2) is 6.23. The molecule has 3 aromatic heterocycles. The molecule has 25 heavy (non-hydrogen) atoms. The molecule has 0 N–H and O–H groups in total. The van der Waals surface area contributed by atoms with Crippen molar-refractivity contribution in [3.05, 3.63) is 49.2 Å². The zero-order valence-electron chi connectivity index (χ0n) is 13.4. The molecule has 7 nitrogen and oxygen atoms in total. The van der Waals surface area contributed by atoms with Crippen LogP contribution in [0.3, 0.4) is 0 Å². The molecule has 0 spiro atoms. The highest BCUT2D eigenvalue weighted by atomic mass is 32.2. The molecule has 0 fully saturated rings. The summed E-state index contributed by atoms with van der Waals surface area (Å²) in [5.41, 5.74) is 0.956. The van der Waals surface area contributed by atoms with Crippen LogP contribution in [0.4, 0.5) is 5.69 Å². The highest BCUT2D eigenvalue weighted by Crippen LogP contribution is 2.36. The van der Waals surface area contributed by atoms with Crippen molar-refractivity contribution in [1.82, 2.24) is 14.5 Å². The van der Waals surface area contributed by atoms with E-state index in [1.807, 2.05) is 0 Å². The number of nitrogens with zero attached hydrogens (tertiary/aromatic N) is 4. The summed E-state index contributed by atoms with van der Waals surface area (Å²) >= 11 is 2.62. The van der Waals surface area contributed by atoms with Crippen LogP contribution < -0.4 is 5.56 Å². The minimum Gasteiger partial charge on any atom is -0.290 e. The zero-order chi connectivity index (χ0) is 17.6. The zero-order valence-corrected chi connectivity index (χ0v) is 15.0. The average Bonchev–Trinajstić information content (AvgIpc) is 2.98. The Bertz CT molecular complexity index is 1060. The molecule has 0 aliphatic heterocycles. The van der Waals surface area contributed by atoms with Gasteiger partial charge in [0, 0.05) is 24.2 Å². The minimum atomic E-state index is -0.476. The molecule has 1 aliphatic carbocycles. The molecule has 128 valence electrons. The fourth-order valence-corrected chi connectivity index (χ4v) is 5.24. The fraction of sp³-hybridized carbons (Fsp3) is 0.312. The van der Waals surface area contributed by atoms with Crippen LogP contribution in [0.5, 0.6) is 0 Å². The molecule has 9 heteroatoms. The average molecular weight is 374 g/mol. The molecule has 0 saturated carbocycles. The predicted octanol–water partition coefficient (Wildman–Crippen LogP) is 3.33. The normalized spacial score (nSPS) is 13.8. The van der Waals surface area contributed by atoms with Gasteiger partial charge >= 0.3 is 5.69 Å². The van der Waals surface area contributed by atoms with Gasteiger partial charge in [-0.2, -0.15) is 0 Å². The first-order valence-corrected chi connectivity index (χ1v) is 9.48. The van der Waals surface area contributed by atoms with Crippen LogP contribution in [0.2, 0.25) is 0 Å². The van der Waals surface area contributed by atoms with E-state index in [-0.39, 0.29) is 16.3 Å². The van der Waals surface area contributed by atoms with Crippen LogP contribution >= 0.6 is 23.1 Å². The van der Waals surface area contributed by atoms with Crippen molar-refractivity contribution < 1.29 is 4.92 Å². The Labute approximate surface area is 150 Å². The smallest absolute Gasteiger partial charge is 0.290 e. The molecule has 0 bridgehead atoms. The Morgan fingerprint density at radius 3 is 2.96 bits per heavy atom. The molecule has 4 rings (SSSR count). The summed E-state index contributed by atoms with van der Waals surface area (Å²) < 4.78 is 1.47. The number of pyridine rings is 1. The van der Waals surface area contributed by atoms with Crippen molar-refractivity contribution in [1.29, 1.82) is 0 Å². The van der Waals surface area contributed by atoms with E-state index in [0.717, 1.165) is 47.8 Å². The number of hydrogen-bond acceptors (Lipinski definition) is 7. The maximum Gasteiger partial charge on any atom is 0.301 e. The van der Waals surface area contributed by atoms with E-state index in [9.17, 15) is 14.9 Å². The number of aromatic nitrogens is 3. The van der Waals surface area contributed by atoms with Crippen LogP contribution in [0.15, 0.2) is 33.3 Å². The van der Waals surface area contributed by atoms with Gasteiger partial charge in [-0.3, -0.25) is 19.5 Å². The van der Waals surface area contributed by atoms with Gasteiger partial charge in [-0.05, 0) is 49.1 Å². The maximum atomic E-state index is 12.9. The third kappa shape index (κ3) is 2.73. The molecule has 0 amide bonds. The van der Waals surface area contributed by atoms with Gasteiger partial charge in [-0.1, -0.05) is 0 Å². The lowest BCUT2D eigenvalue weighted by molar-refractivity contribution is -0.388.